The fourth-order valence-electron chi connectivity index (χ4n) is 7.63. The van der Waals surface area contributed by atoms with E-state index >= 15 is 0 Å². The number of ether oxygens (including phenoxy) is 2. The molecule has 8 atom stereocenters. The summed E-state index contributed by atoms with van der Waals surface area (Å²) in [5.74, 6) is 0.738. The molecule has 4 nitrogen and oxygen atoms in total. The van der Waals surface area contributed by atoms with E-state index in [4.69, 9.17) is 10.8 Å². The van der Waals surface area contributed by atoms with Crippen LogP contribution in [0.1, 0.15) is 73.0 Å². The van der Waals surface area contributed by atoms with Gasteiger partial charge in [0.25, 0.3) is 0 Å². The maximum absolute atomic E-state index is 11.8. The predicted molar refractivity (Wildman–Crippen MR) is 93.8 cm³/mol. The maximum Gasteiger partial charge on any atom is 0.171 e. The van der Waals surface area contributed by atoms with Crippen molar-refractivity contribution in [3.8, 4) is 0 Å². The Morgan fingerprint density at radius 1 is 0.960 bits per heavy atom. The fourth-order valence-corrected chi connectivity index (χ4v) is 7.63. The van der Waals surface area contributed by atoms with Gasteiger partial charge in [0.05, 0.1) is 24.9 Å². The van der Waals surface area contributed by atoms with Gasteiger partial charge in [-0.3, -0.25) is 0 Å². The molecule has 1 spiro atoms. The molecule has 0 radical (unpaired) electrons. The number of hydrogen-bond donors (Lipinski definition) is 2. The van der Waals surface area contributed by atoms with Crippen LogP contribution in [-0.2, 0) is 9.47 Å². The molecule has 142 valence electrons. The van der Waals surface area contributed by atoms with Crippen molar-refractivity contribution in [1.29, 1.82) is 0 Å². The van der Waals surface area contributed by atoms with Gasteiger partial charge in [-0.2, -0.15) is 0 Å². The SMILES string of the molecule is [3H]C1CC2C3CCC(O)[C@@]3(C)CCC2[C@@]2(C)CCC3(C[C@]12O)OCCO3. The molecule has 5 aliphatic rings. The fraction of sp³-hybridized carbons (Fsp3) is 1.00. The zero-order valence-corrected chi connectivity index (χ0v) is 15.7. The highest BCUT2D eigenvalue weighted by Crippen LogP contribution is 2.68. The molecular weight excluding hydrogens is 316 g/mol. The molecule has 0 aromatic carbocycles. The molecular formula is C21H34O4. The second kappa shape index (κ2) is 5.21. The first-order valence-electron chi connectivity index (χ1n) is 10.9. The molecule has 0 bridgehead atoms. The van der Waals surface area contributed by atoms with Gasteiger partial charge in [-0.15, -0.1) is 0 Å². The Morgan fingerprint density at radius 2 is 1.72 bits per heavy atom. The molecule has 1 heterocycles. The van der Waals surface area contributed by atoms with E-state index in [0.717, 1.165) is 44.9 Å². The first kappa shape index (κ1) is 15.9. The molecule has 0 aromatic heterocycles. The van der Waals surface area contributed by atoms with E-state index in [1.807, 2.05) is 0 Å². The van der Waals surface area contributed by atoms with Crippen LogP contribution in [0.3, 0.4) is 0 Å². The van der Waals surface area contributed by atoms with Gasteiger partial charge in [-0.1, -0.05) is 13.8 Å². The molecule has 1 saturated heterocycles. The van der Waals surface area contributed by atoms with Crippen LogP contribution in [0.2, 0.25) is 0 Å². The van der Waals surface area contributed by atoms with Gasteiger partial charge >= 0.3 is 0 Å². The van der Waals surface area contributed by atoms with Crippen LogP contribution in [0.4, 0.5) is 0 Å². The largest absolute Gasteiger partial charge is 0.393 e. The van der Waals surface area contributed by atoms with Crippen LogP contribution in [-0.4, -0.2) is 40.9 Å². The molecule has 5 rings (SSSR count). The molecule has 4 saturated carbocycles. The Morgan fingerprint density at radius 3 is 2.48 bits per heavy atom. The summed E-state index contributed by atoms with van der Waals surface area (Å²) in [7, 11) is 0. The molecule has 5 unspecified atom stereocenters. The summed E-state index contributed by atoms with van der Waals surface area (Å²) in [6, 6.07) is 0. The lowest BCUT2D eigenvalue weighted by atomic mass is 9.43. The topological polar surface area (TPSA) is 58.9 Å². The lowest BCUT2D eigenvalue weighted by molar-refractivity contribution is -0.285. The van der Waals surface area contributed by atoms with Gasteiger partial charge in [0, 0.05) is 14.2 Å². The summed E-state index contributed by atoms with van der Waals surface area (Å²) in [5.41, 5.74) is -1.28. The second-order valence-electron chi connectivity index (χ2n) is 10.1. The minimum Gasteiger partial charge on any atom is -0.393 e. The van der Waals surface area contributed by atoms with Gasteiger partial charge in [-0.05, 0) is 73.5 Å². The number of aliphatic hydroxyl groups is 2. The normalized spacial score (nSPS) is 60.6. The molecule has 0 aromatic rings. The standard InChI is InChI=1S/C21H34O4/c1-18-7-6-16-14(15(18)3-4-17(18)22)5-8-20(23)13-21(24-11-12-25-21)10-9-19(16,20)2/h14-17,22-23H,3-13H2,1-2H3/t14?,15?,16?,17?,18-,19+,20+/m0/s1/i8T/t8?,14?,15?,16?,17?,18-,19+,20+. The monoisotopic (exact) mass is 352 g/mol. The lowest BCUT2D eigenvalue weighted by Gasteiger charge is -2.64. The molecule has 0 amide bonds. The lowest BCUT2D eigenvalue weighted by Crippen LogP contribution is -2.65. The Balaban J connectivity index is 1.50. The van der Waals surface area contributed by atoms with Crippen molar-refractivity contribution < 1.29 is 21.1 Å². The minimum atomic E-state index is -1.04. The second-order valence-corrected chi connectivity index (χ2v) is 10.1. The van der Waals surface area contributed by atoms with Crippen molar-refractivity contribution in [2.24, 2.45) is 28.6 Å². The zero-order valence-electron chi connectivity index (χ0n) is 16.7. The predicted octanol–water partition coefficient (Wildman–Crippen LogP) is 3.25. The van der Waals surface area contributed by atoms with E-state index in [9.17, 15) is 10.2 Å². The summed E-state index contributed by atoms with van der Waals surface area (Å²) in [6.07, 6.45) is 6.28. The molecule has 1 aliphatic heterocycles. The van der Waals surface area contributed by atoms with Crippen LogP contribution in [0.25, 0.3) is 0 Å². The van der Waals surface area contributed by atoms with Gasteiger partial charge in [0.2, 0.25) is 0 Å². The molecule has 4 aliphatic carbocycles. The van der Waals surface area contributed by atoms with Crippen molar-refractivity contribution >= 4 is 0 Å². The first-order chi connectivity index (χ1) is 12.2. The van der Waals surface area contributed by atoms with E-state index < -0.39 is 17.8 Å². The van der Waals surface area contributed by atoms with E-state index in [-0.39, 0.29) is 16.9 Å². The average molecular weight is 353 g/mol. The van der Waals surface area contributed by atoms with E-state index in [0.29, 0.717) is 37.4 Å². The van der Waals surface area contributed by atoms with Crippen LogP contribution >= 0.6 is 0 Å². The van der Waals surface area contributed by atoms with Crippen LogP contribution in [0.5, 0.6) is 0 Å². The summed E-state index contributed by atoms with van der Waals surface area (Å²) >= 11 is 0. The average Bonchev–Trinajstić information content (AvgIpc) is 3.16. The van der Waals surface area contributed by atoms with Crippen molar-refractivity contribution in [1.82, 2.24) is 0 Å². The van der Waals surface area contributed by atoms with Crippen molar-refractivity contribution in [2.75, 3.05) is 13.2 Å². The third kappa shape index (κ3) is 2.09. The van der Waals surface area contributed by atoms with Gasteiger partial charge in [0.1, 0.15) is 0 Å². The number of rotatable bonds is 0. The summed E-state index contributed by atoms with van der Waals surface area (Å²) in [5, 5.41) is 22.4. The molecule has 4 heteroatoms. The maximum atomic E-state index is 11.8. The van der Waals surface area contributed by atoms with Gasteiger partial charge < -0.3 is 19.7 Å². The Labute approximate surface area is 152 Å². The van der Waals surface area contributed by atoms with E-state index in [1.54, 1.807) is 0 Å². The van der Waals surface area contributed by atoms with Gasteiger partial charge in [0.15, 0.2) is 5.79 Å². The number of fused-ring (bicyclic) bond motifs is 5. The quantitative estimate of drug-likeness (QED) is 0.703. The highest BCUT2D eigenvalue weighted by Gasteiger charge is 2.67. The number of hydrogen-bond acceptors (Lipinski definition) is 4. The third-order valence-corrected chi connectivity index (χ3v) is 9.30. The van der Waals surface area contributed by atoms with Crippen molar-refractivity contribution in [3.05, 3.63) is 0 Å². The zero-order chi connectivity index (χ0) is 18.4. The minimum absolute atomic E-state index is 0.0142. The van der Waals surface area contributed by atoms with E-state index in [1.165, 1.54) is 0 Å². The first-order valence-corrected chi connectivity index (χ1v) is 10.3. The Kier molecular flexibility index (Phi) is 3.31. The summed E-state index contributed by atoms with van der Waals surface area (Å²) < 4.78 is 20.8. The Bertz CT molecular complexity index is 593. The Hall–Kier alpha value is -0.160. The third-order valence-electron chi connectivity index (χ3n) is 9.30. The van der Waals surface area contributed by atoms with Crippen LogP contribution in [0.15, 0.2) is 0 Å². The smallest absolute Gasteiger partial charge is 0.171 e. The van der Waals surface area contributed by atoms with Crippen molar-refractivity contribution in [2.45, 2.75) is 89.1 Å². The highest BCUT2D eigenvalue weighted by molar-refractivity contribution is 5.15. The number of aliphatic hydroxyl groups excluding tert-OH is 1. The van der Waals surface area contributed by atoms with E-state index in [2.05, 4.69) is 13.8 Å². The van der Waals surface area contributed by atoms with Crippen molar-refractivity contribution in [3.63, 3.8) is 0 Å². The molecule has 25 heavy (non-hydrogen) atoms. The highest BCUT2D eigenvalue weighted by atomic mass is 16.7. The molecule has 5 fully saturated rings. The van der Waals surface area contributed by atoms with Crippen LogP contribution < -0.4 is 0 Å². The molecule has 2 N–H and O–H groups in total. The van der Waals surface area contributed by atoms with Crippen LogP contribution in [0, 0.1) is 28.6 Å². The van der Waals surface area contributed by atoms with Gasteiger partial charge in [-0.25, -0.2) is 0 Å². The summed E-state index contributed by atoms with van der Waals surface area (Å²) in [4.78, 5) is 0. The summed E-state index contributed by atoms with van der Waals surface area (Å²) in [6.45, 7) is 5.70.